The van der Waals surface area contributed by atoms with Gasteiger partial charge in [-0.1, -0.05) is 19.3 Å². The highest BCUT2D eigenvalue weighted by atomic mass is 32.2. The summed E-state index contributed by atoms with van der Waals surface area (Å²) in [6.07, 6.45) is 4.49. The Bertz CT molecular complexity index is 400. The van der Waals surface area contributed by atoms with Crippen LogP contribution in [0.2, 0.25) is 0 Å². The molecule has 1 aliphatic heterocycles. The Morgan fingerprint density at radius 2 is 1.89 bits per heavy atom. The van der Waals surface area contributed by atoms with Crippen molar-refractivity contribution in [3.63, 3.8) is 0 Å². The van der Waals surface area contributed by atoms with Crippen molar-refractivity contribution in [3.8, 4) is 0 Å². The predicted octanol–water partition coefficient (Wildman–Crippen LogP) is 1.63. The summed E-state index contributed by atoms with van der Waals surface area (Å²) >= 11 is 0. The zero-order chi connectivity index (χ0) is 13.2. The molecule has 0 aromatic rings. The van der Waals surface area contributed by atoms with Gasteiger partial charge in [0.2, 0.25) is 15.9 Å². The standard InChI is InChI=1S/C12H21NO4S/c1-2-17-12-9-8-11(14)13(12)18(15,16)10-6-4-3-5-7-10/h10,12H,2-9H2,1H3. The molecule has 1 atom stereocenters. The molecule has 6 heteroatoms. The second-order valence-corrected chi connectivity index (χ2v) is 7.03. The van der Waals surface area contributed by atoms with Gasteiger partial charge in [0.05, 0.1) is 5.25 Å². The fraction of sp³-hybridized carbons (Fsp3) is 0.917. The van der Waals surface area contributed by atoms with E-state index < -0.39 is 21.5 Å². The summed E-state index contributed by atoms with van der Waals surface area (Å²) in [5, 5.41) is -0.392. The third-order valence-corrected chi connectivity index (χ3v) is 6.02. The molecular formula is C12H21NO4S. The normalized spacial score (nSPS) is 26.8. The van der Waals surface area contributed by atoms with Gasteiger partial charge in [0.25, 0.3) is 0 Å². The van der Waals surface area contributed by atoms with Crippen molar-refractivity contribution in [2.45, 2.75) is 63.3 Å². The summed E-state index contributed by atoms with van der Waals surface area (Å²) in [5.41, 5.74) is 0. The molecule has 1 aliphatic carbocycles. The minimum atomic E-state index is -3.52. The molecule has 0 aromatic carbocycles. The van der Waals surface area contributed by atoms with Crippen LogP contribution in [-0.2, 0) is 19.6 Å². The first-order valence-electron chi connectivity index (χ1n) is 6.75. The molecule has 0 spiro atoms. The molecule has 0 N–H and O–H groups in total. The summed E-state index contributed by atoms with van der Waals surface area (Å²) in [6, 6.07) is 0. The number of carbonyl (C=O) groups is 1. The Labute approximate surface area is 109 Å². The van der Waals surface area contributed by atoms with Crippen LogP contribution in [0.3, 0.4) is 0 Å². The fourth-order valence-corrected chi connectivity index (χ4v) is 4.93. The SMILES string of the molecule is CCOC1CCC(=O)N1S(=O)(=O)C1CCCCC1. The number of sulfonamides is 1. The number of carbonyl (C=O) groups excluding carboxylic acids is 1. The van der Waals surface area contributed by atoms with Gasteiger partial charge in [-0.15, -0.1) is 0 Å². The van der Waals surface area contributed by atoms with Crippen LogP contribution in [-0.4, -0.2) is 36.7 Å². The minimum Gasteiger partial charge on any atom is -0.357 e. The van der Waals surface area contributed by atoms with Crippen molar-refractivity contribution in [2.75, 3.05) is 6.61 Å². The highest BCUT2D eigenvalue weighted by molar-refractivity contribution is 7.90. The van der Waals surface area contributed by atoms with E-state index in [0.29, 0.717) is 25.9 Å². The van der Waals surface area contributed by atoms with E-state index in [1.54, 1.807) is 0 Å². The molecule has 1 unspecified atom stereocenters. The van der Waals surface area contributed by atoms with Crippen molar-refractivity contribution in [2.24, 2.45) is 0 Å². The Hall–Kier alpha value is -0.620. The highest BCUT2D eigenvalue weighted by Crippen LogP contribution is 2.31. The number of hydrogen-bond donors (Lipinski definition) is 0. The van der Waals surface area contributed by atoms with E-state index in [0.717, 1.165) is 23.6 Å². The maximum absolute atomic E-state index is 12.5. The third-order valence-electron chi connectivity index (χ3n) is 3.72. The minimum absolute atomic E-state index is 0.274. The summed E-state index contributed by atoms with van der Waals surface area (Å²) in [4.78, 5) is 11.8. The molecule has 1 amide bonds. The maximum Gasteiger partial charge on any atom is 0.242 e. The second-order valence-electron chi connectivity index (χ2n) is 4.94. The van der Waals surface area contributed by atoms with Gasteiger partial charge in [0.1, 0.15) is 6.23 Å². The van der Waals surface area contributed by atoms with Gasteiger partial charge in [0, 0.05) is 19.4 Å². The topological polar surface area (TPSA) is 63.7 Å². The summed E-state index contributed by atoms with van der Waals surface area (Å²) < 4.78 is 31.4. The average Bonchev–Trinajstić information content (AvgIpc) is 2.73. The van der Waals surface area contributed by atoms with Crippen molar-refractivity contribution in [1.29, 1.82) is 0 Å². The average molecular weight is 275 g/mol. The van der Waals surface area contributed by atoms with Crippen LogP contribution in [0.15, 0.2) is 0 Å². The van der Waals surface area contributed by atoms with Gasteiger partial charge >= 0.3 is 0 Å². The first-order chi connectivity index (χ1) is 8.57. The molecule has 18 heavy (non-hydrogen) atoms. The van der Waals surface area contributed by atoms with Crippen LogP contribution in [0.5, 0.6) is 0 Å². The number of nitrogens with zero attached hydrogens (tertiary/aromatic N) is 1. The zero-order valence-corrected chi connectivity index (χ0v) is 11.6. The largest absolute Gasteiger partial charge is 0.357 e. The van der Waals surface area contributed by atoms with Crippen LogP contribution in [0, 0.1) is 0 Å². The van der Waals surface area contributed by atoms with E-state index in [2.05, 4.69) is 0 Å². The first kappa shape index (κ1) is 13.8. The number of amides is 1. The van der Waals surface area contributed by atoms with Gasteiger partial charge in [-0.05, 0) is 19.8 Å². The molecular weight excluding hydrogens is 254 g/mol. The summed E-state index contributed by atoms with van der Waals surface area (Å²) in [5.74, 6) is -0.306. The smallest absolute Gasteiger partial charge is 0.242 e. The molecule has 1 saturated carbocycles. The second kappa shape index (κ2) is 5.57. The van der Waals surface area contributed by atoms with E-state index in [-0.39, 0.29) is 12.3 Å². The van der Waals surface area contributed by atoms with Crippen LogP contribution >= 0.6 is 0 Å². The molecule has 2 aliphatic rings. The monoisotopic (exact) mass is 275 g/mol. The van der Waals surface area contributed by atoms with Crippen molar-refractivity contribution < 1.29 is 17.9 Å². The molecule has 2 rings (SSSR count). The van der Waals surface area contributed by atoms with Crippen LogP contribution in [0.4, 0.5) is 0 Å². The number of ether oxygens (including phenoxy) is 1. The lowest BCUT2D eigenvalue weighted by Gasteiger charge is -2.30. The van der Waals surface area contributed by atoms with Gasteiger partial charge in [-0.25, -0.2) is 12.7 Å². The molecule has 104 valence electrons. The van der Waals surface area contributed by atoms with Crippen LogP contribution in [0.1, 0.15) is 51.9 Å². The molecule has 0 bridgehead atoms. The van der Waals surface area contributed by atoms with E-state index in [9.17, 15) is 13.2 Å². The van der Waals surface area contributed by atoms with Crippen LogP contribution in [0.25, 0.3) is 0 Å². The van der Waals surface area contributed by atoms with E-state index >= 15 is 0 Å². The molecule has 1 saturated heterocycles. The van der Waals surface area contributed by atoms with Gasteiger partial charge in [-0.2, -0.15) is 0 Å². The van der Waals surface area contributed by atoms with Crippen molar-refractivity contribution in [1.82, 2.24) is 4.31 Å². The molecule has 2 fully saturated rings. The van der Waals surface area contributed by atoms with Gasteiger partial charge in [0.15, 0.2) is 0 Å². The van der Waals surface area contributed by atoms with Gasteiger partial charge < -0.3 is 4.74 Å². The Morgan fingerprint density at radius 3 is 2.50 bits per heavy atom. The van der Waals surface area contributed by atoms with Crippen molar-refractivity contribution >= 4 is 15.9 Å². The van der Waals surface area contributed by atoms with Crippen molar-refractivity contribution in [3.05, 3.63) is 0 Å². The third kappa shape index (κ3) is 2.54. The lowest BCUT2D eigenvalue weighted by atomic mass is 10.0. The number of hydrogen-bond acceptors (Lipinski definition) is 4. The zero-order valence-electron chi connectivity index (χ0n) is 10.8. The highest BCUT2D eigenvalue weighted by Gasteiger charge is 2.44. The maximum atomic E-state index is 12.5. The van der Waals surface area contributed by atoms with Gasteiger partial charge in [-0.3, -0.25) is 4.79 Å². The first-order valence-corrected chi connectivity index (χ1v) is 8.25. The molecule has 0 aromatic heterocycles. The summed E-state index contributed by atoms with van der Waals surface area (Å²) in [6.45, 7) is 2.24. The molecule has 0 radical (unpaired) electrons. The van der Waals surface area contributed by atoms with E-state index in [1.807, 2.05) is 6.92 Å². The lowest BCUT2D eigenvalue weighted by Crippen LogP contribution is -2.45. The van der Waals surface area contributed by atoms with E-state index in [1.165, 1.54) is 0 Å². The number of rotatable bonds is 4. The lowest BCUT2D eigenvalue weighted by molar-refractivity contribution is -0.128. The fourth-order valence-electron chi connectivity index (χ4n) is 2.81. The van der Waals surface area contributed by atoms with E-state index in [4.69, 9.17) is 4.74 Å². The van der Waals surface area contributed by atoms with Crippen LogP contribution < -0.4 is 0 Å². The quantitative estimate of drug-likeness (QED) is 0.782. The molecule has 1 heterocycles. The predicted molar refractivity (Wildman–Crippen MR) is 67.3 cm³/mol. The Morgan fingerprint density at radius 1 is 1.22 bits per heavy atom. The summed E-state index contributed by atoms with van der Waals surface area (Å²) in [7, 11) is -3.52. The Kier molecular flexibility index (Phi) is 4.27. The Balaban J connectivity index is 2.18. The molecule has 5 nitrogen and oxygen atoms in total.